The molecule has 0 aromatic heterocycles. The fourth-order valence-corrected chi connectivity index (χ4v) is 4.88. The molecule has 1 aliphatic carbocycles. The molecule has 202 valence electrons. The van der Waals surface area contributed by atoms with Gasteiger partial charge in [-0.15, -0.1) is 0 Å². The predicted molar refractivity (Wildman–Crippen MR) is 145 cm³/mol. The van der Waals surface area contributed by atoms with Gasteiger partial charge in [0.15, 0.2) is 0 Å². The highest BCUT2D eigenvalue weighted by Gasteiger charge is 2.29. The lowest BCUT2D eigenvalue weighted by atomic mass is 9.85. The lowest BCUT2D eigenvalue weighted by Gasteiger charge is -2.33. The van der Waals surface area contributed by atoms with E-state index in [-0.39, 0.29) is 23.8 Å². The molecule has 7 nitrogen and oxygen atoms in total. The molecule has 0 bridgehead atoms. The van der Waals surface area contributed by atoms with Crippen LogP contribution < -0.4 is 10.1 Å². The summed E-state index contributed by atoms with van der Waals surface area (Å²) in [6.07, 6.45) is 7.78. The minimum absolute atomic E-state index is 0.0563. The summed E-state index contributed by atoms with van der Waals surface area (Å²) in [5, 5.41) is 11.9. The van der Waals surface area contributed by atoms with Gasteiger partial charge in [-0.1, -0.05) is 25.1 Å². The van der Waals surface area contributed by atoms with Gasteiger partial charge in [0.2, 0.25) is 5.91 Å². The van der Waals surface area contributed by atoms with Crippen molar-refractivity contribution in [1.29, 1.82) is 5.26 Å². The first-order valence-corrected chi connectivity index (χ1v) is 13.8. The summed E-state index contributed by atoms with van der Waals surface area (Å²) in [4.78, 5) is 26.7. The Morgan fingerprint density at radius 1 is 1.16 bits per heavy atom. The van der Waals surface area contributed by atoms with Crippen molar-refractivity contribution in [3.63, 3.8) is 0 Å². The Kier molecular flexibility index (Phi) is 10.4. The SMILES string of the molecule is CCC(CCNC(=O)OC(C)(C)C)COc1ccc(C2=CCC(C(=O)N3CCC(C#N)CC3)CC2)cc1. The van der Waals surface area contributed by atoms with Gasteiger partial charge in [-0.25, -0.2) is 4.79 Å². The molecule has 2 amide bonds. The van der Waals surface area contributed by atoms with Gasteiger partial charge in [0, 0.05) is 31.5 Å². The molecule has 7 heteroatoms. The van der Waals surface area contributed by atoms with Crippen LogP contribution in [0.4, 0.5) is 4.79 Å². The molecular formula is C30H43N3O4. The Morgan fingerprint density at radius 3 is 2.43 bits per heavy atom. The van der Waals surface area contributed by atoms with Crippen LogP contribution >= 0.6 is 0 Å². The highest BCUT2D eigenvalue weighted by Crippen LogP contribution is 2.33. The zero-order valence-electron chi connectivity index (χ0n) is 22.9. The summed E-state index contributed by atoms with van der Waals surface area (Å²) in [7, 11) is 0. The summed E-state index contributed by atoms with van der Waals surface area (Å²) in [6.45, 7) is 10.3. The number of rotatable bonds is 9. The minimum atomic E-state index is -0.493. The number of allylic oxidation sites excluding steroid dienone is 2. The molecule has 1 heterocycles. The van der Waals surface area contributed by atoms with Crippen LogP contribution in [0.25, 0.3) is 5.57 Å². The fraction of sp³-hybridized carbons (Fsp3) is 0.633. The third kappa shape index (κ3) is 9.10. The highest BCUT2D eigenvalue weighted by atomic mass is 16.6. The molecular weight excluding hydrogens is 466 g/mol. The van der Waals surface area contributed by atoms with E-state index in [9.17, 15) is 9.59 Å². The Balaban J connectivity index is 1.42. The first kappa shape index (κ1) is 28.6. The van der Waals surface area contributed by atoms with Gasteiger partial charge in [0.25, 0.3) is 0 Å². The van der Waals surface area contributed by atoms with E-state index in [1.165, 1.54) is 11.1 Å². The quantitative estimate of drug-likeness (QED) is 0.444. The van der Waals surface area contributed by atoms with Crippen LogP contribution in [0.15, 0.2) is 30.3 Å². The van der Waals surface area contributed by atoms with Crippen molar-refractivity contribution in [3.05, 3.63) is 35.9 Å². The number of nitriles is 1. The normalized spacial score (nSPS) is 19.4. The third-order valence-electron chi connectivity index (χ3n) is 7.26. The van der Waals surface area contributed by atoms with Gasteiger partial charge in [-0.2, -0.15) is 5.26 Å². The summed E-state index contributed by atoms with van der Waals surface area (Å²) >= 11 is 0. The largest absolute Gasteiger partial charge is 0.493 e. The average molecular weight is 510 g/mol. The van der Waals surface area contributed by atoms with Crippen molar-refractivity contribution in [2.45, 2.75) is 78.2 Å². The van der Waals surface area contributed by atoms with Gasteiger partial charge < -0.3 is 19.7 Å². The fourth-order valence-electron chi connectivity index (χ4n) is 4.88. The maximum absolute atomic E-state index is 12.9. The zero-order valence-corrected chi connectivity index (χ0v) is 22.9. The van der Waals surface area contributed by atoms with E-state index < -0.39 is 5.60 Å². The van der Waals surface area contributed by atoms with E-state index in [0.29, 0.717) is 32.2 Å². The minimum Gasteiger partial charge on any atom is -0.493 e. The first-order valence-electron chi connectivity index (χ1n) is 13.8. The van der Waals surface area contributed by atoms with E-state index in [4.69, 9.17) is 14.7 Å². The molecule has 37 heavy (non-hydrogen) atoms. The molecule has 0 radical (unpaired) electrons. The van der Waals surface area contributed by atoms with E-state index in [0.717, 1.165) is 50.7 Å². The molecule has 2 aliphatic rings. The molecule has 1 aliphatic heterocycles. The molecule has 1 N–H and O–H groups in total. The van der Waals surface area contributed by atoms with Gasteiger partial charge in [0.1, 0.15) is 11.4 Å². The zero-order chi connectivity index (χ0) is 26.8. The molecule has 1 aromatic rings. The molecule has 0 saturated carbocycles. The second-order valence-corrected chi connectivity index (χ2v) is 11.3. The number of hydrogen-bond acceptors (Lipinski definition) is 5. The van der Waals surface area contributed by atoms with Gasteiger partial charge in [0.05, 0.1) is 12.7 Å². The van der Waals surface area contributed by atoms with Crippen LogP contribution in [0.5, 0.6) is 5.75 Å². The van der Waals surface area contributed by atoms with E-state index in [1.54, 1.807) is 0 Å². The number of carbonyl (C=O) groups is 2. The molecule has 2 unspecified atom stereocenters. The van der Waals surface area contributed by atoms with Gasteiger partial charge >= 0.3 is 6.09 Å². The van der Waals surface area contributed by atoms with Crippen molar-refractivity contribution in [2.75, 3.05) is 26.2 Å². The number of nitrogens with zero attached hydrogens (tertiary/aromatic N) is 2. The van der Waals surface area contributed by atoms with Crippen molar-refractivity contribution < 1.29 is 19.1 Å². The van der Waals surface area contributed by atoms with E-state index in [2.05, 4.69) is 36.5 Å². The molecule has 1 aromatic carbocycles. The average Bonchev–Trinajstić information content (AvgIpc) is 2.89. The number of alkyl carbamates (subject to hydrolysis) is 1. The number of nitrogens with one attached hydrogen (secondary N) is 1. The maximum atomic E-state index is 12.9. The second-order valence-electron chi connectivity index (χ2n) is 11.3. The topological polar surface area (TPSA) is 91.7 Å². The van der Waals surface area contributed by atoms with Crippen molar-refractivity contribution in [3.8, 4) is 11.8 Å². The highest BCUT2D eigenvalue weighted by molar-refractivity contribution is 5.81. The van der Waals surface area contributed by atoms with Crippen molar-refractivity contribution in [1.82, 2.24) is 10.2 Å². The number of ether oxygens (including phenoxy) is 2. The Bertz CT molecular complexity index is 966. The number of carbonyl (C=O) groups excluding carboxylic acids is 2. The number of piperidine rings is 1. The van der Waals surface area contributed by atoms with Crippen LogP contribution in [-0.2, 0) is 9.53 Å². The van der Waals surface area contributed by atoms with Crippen molar-refractivity contribution in [2.24, 2.45) is 17.8 Å². The number of amides is 2. The standard InChI is InChI=1S/C30H43N3O4/c1-5-22(14-17-32-29(35)37-30(2,3)4)21-36-27-12-10-25(11-13-27)24-6-8-26(9-7-24)28(34)33-18-15-23(20-31)16-19-33/h6,10-13,22-23,26H,5,7-9,14-19,21H2,1-4H3,(H,32,35). The molecule has 1 fully saturated rings. The summed E-state index contributed by atoms with van der Waals surface area (Å²) in [5.41, 5.74) is 1.98. The lowest BCUT2D eigenvalue weighted by Crippen LogP contribution is -2.41. The molecule has 2 atom stereocenters. The summed E-state index contributed by atoms with van der Waals surface area (Å²) < 4.78 is 11.3. The van der Waals surface area contributed by atoms with E-state index >= 15 is 0 Å². The molecule has 3 rings (SSSR count). The Morgan fingerprint density at radius 2 is 1.86 bits per heavy atom. The monoisotopic (exact) mass is 509 g/mol. The molecule has 1 saturated heterocycles. The number of likely N-dealkylation sites (tertiary alicyclic amines) is 1. The number of benzene rings is 1. The Labute approximate surface area is 222 Å². The van der Waals surface area contributed by atoms with Crippen molar-refractivity contribution >= 4 is 17.6 Å². The van der Waals surface area contributed by atoms with Crippen LogP contribution in [0.3, 0.4) is 0 Å². The smallest absolute Gasteiger partial charge is 0.407 e. The summed E-state index contributed by atoms with van der Waals surface area (Å²) in [5.74, 6) is 1.59. The molecule has 0 spiro atoms. The van der Waals surface area contributed by atoms with Gasteiger partial charge in [-0.05, 0) is 94.9 Å². The maximum Gasteiger partial charge on any atom is 0.407 e. The van der Waals surface area contributed by atoms with Gasteiger partial charge in [-0.3, -0.25) is 4.79 Å². The second kappa shape index (κ2) is 13.5. The number of hydrogen-bond donors (Lipinski definition) is 1. The first-order chi connectivity index (χ1) is 17.7. The summed E-state index contributed by atoms with van der Waals surface area (Å²) in [6, 6.07) is 10.6. The van der Waals surface area contributed by atoms with Crippen LogP contribution in [0.2, 0.25) is 0 Å². The predicted octanol–water partition coefficient (Wildman–Crippen LogP) is 5.95. The van der Waals surface area contributed by atoms with Crippen LogP contribution in [-0.4, -0.2) is 48.7 Å². The van der Waals surface area contributed by atoms with Crippen LogP contribution in [0.1, 0.15) is 78.2 Å². The van der Waals surface area contributed by atoms with E-state index in [1.807, 2.05) is 37.8 Å². The third-order valence-corrected chi connectivity index (χ3v) is 7.26. The van der Waals surface area contributed by atoms with Crippen LogP contribution in [0, 0.1) is 29.1 Å². The lowest BCUT2D eigenvalue weighted by molar-refractivity contribution is -0.136. The Hall–Kier alpha value is -3.01.